The van der Waals surface area contributed by atoms with Gasteiger partial charge in [-0.15, -0.1) is 11.6 Å². The van der Waals surface area contributed by atoms with Crippen molar-refractivity contribution in [1.29, 1.82) is 0 Å². The van der Waals surface area contributed by atoms with E-state index >= 15 is 0 Å². The Morgan fingerprint density at radius 3 is 2.52 bits per heavy atom. The predicted molar refractivity (Wildman–Crippen MR) is 86.9 cm³/mol. The van der Waals surface area contributed by atoms with Gasteiger partial charge in [-0.3, -0.25) is 0 Å². The van der Waals surface area contributed by atoms with Crippen molar-refractivity contribution in [3.8, 4) is 0 Å². The SMILES string of the molecule is CN1CCCN(S(=O)(=O)c2ccc(Cl)c(CCl)c2Cl)CC1. The molecule has 0 radical (unpaired) electrons. The van der Waals surface area contributed by atoms with Gasteiger partial charge in [0.25, 0.3) is 0 Å². The molecule has 0 unspecified atom stereocenters. The van der Waals surface area contributed by atoms with E-state index in [0.717, 1.165) is 13.0 Å². The molecule has 0 spiro atoms. The fourth-order valence-corrected chi connectivity index (χ4v) is 5.07. The molecule has 0 N–H and O–H groups in total. The number of benzene rings is 1. The van der Waals surface area contributed by atoms with Gasteiger partial charge in [0.1, 0.15) is 4.90 Å². The van der Waals surface area contributed by atoms with Crippen molar-refractivity contribution in [2.24, 2.45) is 0 Å². The van der Waals surface area contributed by atoms with Gasteiger partial charge >= 0.3 is 0 Å². The summed E-state index contributed by atoms with van der Waals surface area (Å²) in [6.45, 7) is 2.52. The standard InChI is InChI=1S/C13H17Cl3N2O2S/c1-17-5-2-6-18(8-7-17)21(19,20)12-4-3-11(15)10(9-14)13(12)16/h3-4H,2,5-9H2,1H3. The highest BCUT2D eigenvalue weighted by atomic mass is 35.5. The van der Waals surface area contributed by atoms with E-state index in [0.29, 0.717) is 30.2 Å². The first-order valence-electron chi connectivity index (χ1n) is 6.59. The Morgan fingerprint density at radius 1 is 1.14 bits per heavy atom. The zero-order chi connectivity index (χ0) is 15.6. The Labute approximate surface area is 140 Å². The molecular weight excluding hydrogens is 355 g/mol. The Kier molecular flexibility index (Phi) is 5.79. The summed E-state index contributed by atoms with van der Waals surface area (Å²) >= 11 is 18.0. The lowest BCUT2D eigenvalue weighted by molar-refractivity contribution is 0.347. The summed E-state index contributed by atoms with van der Waals surface area (Å²) in [4.78, 5) is 2.19. The minimum atomic E-state index is -3.63. The second-order valence-corrected chi connectivity index (χ2v) is 7.99. The largest absolute Gasteiger partial charge is 0.305 e. The van der Waals surface area contributed by atoms with E-state index in [-0.39, 0.29) is 15.8 Å². The van der Waals surface area contributed by atoms with Crippen LogP contribution < -0.4 is 0 Å². The Balaban J connectivity index is 2.40. The zero-order valence-electron chi connectivity index (χ0n) is 11.7. The second-order valence-electron chi connectivity index (χ2n) is 5.03. The molecule has 1 aliphatic heterocycles. The van der Waals surface area contributed by atoms with Crippen LogP contribution in [0.5, 0.6) is 0 Å². The highest BCUT2D eigenvalue weighted by Crippen LogP contribution is 2.33. The monoisotopic (exact) mass is 370 g/mol. The molecule has 1 aromatic rings. The molecule has 0 atom stereocenters. The van der Waals surface area contributed by atoms with Crippen LogP contribution in [-0.2, 0) is 15.9 Å². The molecule has 2 rings (SSSR count). The molecule has 0 amide bonds. The van der Waals surface area contributed by atoms with Crippen molar-refractivity contribution in [1.82, 2.24) is 9.21 Å². The number of hydrogen-bond acceptors (Lipinski definition) is 3. The Bertz CT molecular complexity index is 622. The van der Waals surface area contributed by atoms with Gasteiger partial charge in [0.2, 0.25) is 10.0 Å². The van der Waals surface area contributed by atoms with E-state index in [2.05, 4.69) is 4.90 Å². The maximum absolute atomic E-state index is 12.8. The summed E-state index contributed by atoms with van der Waals surface area (Å²) < 4.78 is 27.0. The van der Waals surface area contributed by atoms with Crippen LogP contribution in [0.25, 0.3) is 0 Å². The van der Waals surface area contributed by atoms with Gasteiger partial charge in [-0.25, -0.2) is 8.42 Å². The van der Waals surface area contributed by atoms with Crippen LogP contribution in [0.3, 0.4) is 0 Å². The molecule has 1 aromatic carbocycles. The average Bonchev–Trinajstić information content (AvgIpc) is 2.64. The van der Waals surface area contributed by atoms with Crippen molar-refractivity contribution in [2.75, 3.05) is 33.2 Å². The van der Waals surface area contributed by atoms with Crippen LogP contribution in [0.2, 0.25) is 10.0 Å². The number of sulfonamides is 1. The highest BCUT2D eigenvalue weighted by Gasteiger charge is 2.29. The summed E-state index contributed by atoms with van der Waals surface area (Å²) in [7, 11) is -1.65. The lowest BCUT2D eigenvalue weighted by Crippen LogP contribution is -2.34. The molecule has 1 saturated heterocycles. The second kappa shape index (κ2) is 7.02. The molecule has 1 fully saturated rings. The molecule has 0 aromatic heterocycles. The Morgan fingerprint density at radius 2 is 1.86 bits per heavy atom. The first-order valence-corrected chi connectivity index (χ1v) is 9.32. The van der Waals surface area contributed by atoms with Gasteiger partial charge < -0.3 is 4.90 Å². The van der Waals surface area contributed by atoms with E-state index < -0.39 is 10.0 Å². The smallest absolute Gasteiger partial charge is 0.244 e. The average molecular weight is 372 g/mol. The van der Waals surface area contributed by atoms with Crippen molar-refractivity contribution >= 4 is 44.8 Å². The number of alkyl halides is 1. The maximum atomic E-state index is 12.8. The van der Waals surface area contributed by atoms with Crippen molar-refractivity contribution in [3.05, 3.63) is 27.7 Å². The number of rotatable bonds is 3. The van der Waals surface area contributed by atoms with Gasteiger partial charge in [-0.2, -0.15) is 4.31 Å². The van der Waals surface area contributed by atoms with E-state index in [1.807, 2.05) is 7.05 Å². The van der Waals surface area contributed by atoms with Crippen LogP contribution in [0, 0.1) is 0 Å². The topological polar surface area (TPSA) is 40.6 Å². The van der Waals surface area contributed by atoms with E-state index in [1.165, 1.54) is 16.4 Å². The molecule has 8 heteroatoms. The Hall–Kier alpha value is -0.0400. The lowest BCUT2D eigenvalue weighted by Gasteiger charge is -2.21. The number of nitrogens with zero attached hydrogens (tertiary/aromatic N) is 2. The molecule has 4 nitrogen and oxygen atoms in total. The van der Waals surface area contributed by atoms with Crippen LogP contribution in [0.15, 0.2) is 17.0 Å². The molecule has 21 heavy (non-hydrogen) atoms. The number of hydrogen-bond donors (Lipinski definition) is 0. The van der Waals surface area contributed by atoms with Gasteiger partial charge in [0, 0.05) is 30.2 Å². The first kappa shape index (κ1) is 17.3. The van der Waals surface area contributed by atoms with Crippen molar-refractivity contribution < 1.29 is 8.42 Å². The molecular formula is C13H17Cl3N2O2S. The van der Waals surface area contributed by atoms with Gasteiger partial charge in [0.15, 0.2) is 0 Å². The lowest BCUT2D eigenvalue weighted by atomic mass is 10.2. The summed E-state index contributed by atoms with van der Waals surface area (Å²) in [5.41, 5.74) is 0.452. The first-order chi connectivity index (χ1) is 9.87. The third kappa shape index (κ3) is 3.66. The van der Waals surface area contributed by atoms with Crippen molar-refractivity contribution in [3.63, 3.8) is 0 Å². The molecule has 0 aliphatic carbocycles. The predicted octanol–water partition coefficient (Wildman–Crippen LogP) is 3.06. The quantitative estimate of drug-likeness (QED) is 0.767. The normalized spacial score (nSPS) is 18.7. The molecule has 0 bridgehead atoms. The fraction of sp³-hybridized carbons (Fsp3) is 0.538. The third-order valence-corrected chi connectivity index (χ3v) is 6.69. The van der Waals surface area contributed by atoms with Gasteiger partial charge in [-0.05, 0) is 32.1 Å². The summed E-state index contributed by atoms with van der Waals surface area (Å²) in [5.74, 6) is 0.0732. The highest BCUT2D eigenvalue weighted by molar-refractivity contribution is 7.89. The van der Waals surface area contributed by atoms with Crippen LogP contribution in [0.4, 0.5) is 0 Å². The van der Waals surface area contributed by atoms with Gasteiger partial charge in [-0.1, -0.05) is 23.2 Å². The summed E-state index contributed by atoms with van der Waals surface area (Å²) in [6, 6.07) is 2.98. The minimum Gasteiger partial charge on any atom is -0.305 e. The third-order valence-electron chi connectivity index (χ3n) is 3.58. The van der Waals surface area contributed by atoms with E-state index in [4.69, 9.17) is 34.8 Å². The van der Waals surface area contributed by atoms with Crippen LogP contribution >= 0.6 is 34.8 Å². The molecule has 1 heterocycles. The molecule has 118 valence electrons. The fourth-order valence-electron chi connectivity index (χ4n) is 2.30. The van der Waals surface area contributed by atoms with Crippen LogP contribution in [-0.4, -0.2) is 50.8 Å². The summed E-state index contributed by atoms with van der Waals surface area (Å²) in [6.07, 6.45) is 0.795. The maximum Gasteiger partial charge on any atom is 0.244 e. The number of likely N-dealkylation sites (N-methyl/N-ethyl adjacent to an activating group) is 1. The van der Waals surface area contributed by atoms with Crippen molar-refractivity contribution in [2.45, 2.75) is 17.2 Å². The minimum absolute atomic E-state index is 0.0732. The zero-order valence-corrected chi connectivity index (χ0v) is 14.7. The van der Waals surface area contributed by atoms with E-state index in [1.54, 1.807) is 0 Å². The number of halogens is 3. The van der Waals surface area contributed by atoms with Crippen LogP contribution in [0.1, 0.15) is 12.0 Å². The van der Waals surface area contributed by atoms with Gasteiger partial charge in [0.05, 0.1) is 10.9 Å². The van der Waals surface area contributed by atoms with E-state index in [9.17, 15) is 8.42 Å². The molecule has 0 saturated carbocycles. The molecule has 1 aliphatic rings. The summed E-state index contributed by atoms with van der Waals surface area (Å²) in [5, 5.41) is 0.500.